The van der Waals surface area contributed by atoms with Gasteiger partial charge >= 0.3 is 0 Å². The number of rotatable bonds is 4. The number of fused-ring (bicyclic) bond motifs is 1. The predicted octanol–water partition coefficient (Wildman–Crippen LogP) is 1.56. The Balaban J connectivity index is 1.50. The second-order valence-electron chi connectivity index (χ2n) is 6.85. The van der Waals surface area contributed by atoms with Crippen LogP contribution in [0.3, 0.4) is 0 Å². The molecule has 1 amide bonds. The standard InChI is InChI=1S/C20H23N3O4/c1-26-18-4-2-3-17-16(18)5-6-23(17)20(25)12-14-11-15(24)13-19(21-14)22-7-9-27-10-8-22/h2-4,13H,5-12H2,1H3. The maximum Gasteiger partial charge on any atom is 0.232 e. The van der Waals surface area contributed by atoms with Crippen LogP contribution >= 0.6 is 0 Å². The molecule has 0 aromatic heterocycles. The molecular weight excluding hydrogens is 346 g/mol. The molecule has 1 aromatic carbocycles. The van der Waals surface area contributed by atoms with E-state index >= 15 is 0 Å². The summed E-state index contributed by atoms with van der Waals surface area (Å²) < 4.78 is 10.8. The average molecular weight is 369 g/mol. The van der Waals surface area contributed by atoms with Crippen LogP contribution in [-0.4, -0.2) is 62.3 Å². The molecule has 0 bridgehead atoms. The van der Waals surface area contributed by atoms with Crippen molar-refractivity contribution in [1.29, 1.82) is 0 Å². The minimum Gasteiger partial charge on any atom is -0.496 e. The summed E-state index contributed by atoms with van der Waals surface area (Å²) >= 11 is 0. The normalized spacial score (nSPS) is 19.5. The van der Waals surface area contributed by atoms with Gasteiger partial charge in [-0.3, -0.25) is 9.59 Å². The van der Waals surface area contributed by atoms with Crippen LogP contribution < -0.4 is 9.64 Å². The minimum atomic E-state index is -0.0308. The molecule has 0 saturated carbocycles. The fourth-order valence-electron chi connectivity index (χ4n) is 3.81. The molecule has 3 aliphatic rings. The topological polar surface area (TPSA) is 71.4 Å². The number of hydrogen-bond acceptors (Lipinski definition) is 6. The monoisotopic (exact) mass is 369 g/mol. The Bertz CT molecular complexity index is 825. The molecule has 0 spiro atoms. The summed E-state index contributed by atoms with van der Waals surface area (Å²) in [5.41, 5.74) is 2.58. The second-order valence-corrected chi connectivity index (χ2v) is 6.85. The van der Waals surface area contributed by atoms with Gasteiger partial charge in [0.25, 0.3) is 0 Å². The third kappa shape index (κ3) is 3.60. The Labute approximate surface area is 158 Å². The Morgan fingerprint density at radius 2 is 2.07 bits per heavy atom. The molecule has 3 heterocycles. The summed E-state index contributed by atoms with van der Waals surface area (Å²) in [7, 11) is 1.64. The number of carbonyl (C=O) groups excluding carboxylic acids is 2. The molecule has 0 atom stereocenters. The van der Waals surface area contributed by atoms with Gasteiger partial charge in [-0.1, -0.05) is 6.07 Å². The zero-order chi connectivity index (χ0) is 18.8. The van der Waals surface area contributed by atoms with Gasteiger partial charge in [0.15, 0.2) is 5.78 Å². The number of morpholine rings is 1. The van der Waals surface area contributed by atoms with Crippen LogP contribution in [0.2, 0.25) is 0 Å². The van der Waals surface area contributed by atoms with E-state index < -0.39 is 0 Å². The van der Waals surface area contributed by atoms with Crippen molar-refractivity contribution in [3.05, 3.63) is 35.7 Å². The van der Waals surface area contributed by atoms with E-state index in [4.69, 9.17) is 9.47 Å². The van der Waals surface area contributed by atoms with Crippen molar-refractivity contribution in [3.8, 4) is 5.75 Å². The smallest absolute Gasteiger partial charge is 0.232 e. The summed E-state index contributed by atoms with van der Waals surface area (Å²) in [5, 5.41) is 0. The van der Waals surface area contributed by atoms with Gasteiger partial charge in [-0.25, -0.2) is 4.99 Å². The lowest BCUT2D eigenvalue weighted by atomic mass is 10.1. The number of benzene rings is 1. The van der Waals surface area contributed by atoms with E-state index in [-0.39, 0.29) is 24.5 Å². The Morgan fingerprint density at radius 3 is 2.85 bits per heavy atom. The molecule has 3 aliphatic heterocycles. The Hall–Kier alpha value is -2.67. The number of aliphatic imine (C=N–C) groups is 1. The van der Waals surface area contributed by atoms with E-state index in [1.165, 1.54) is 0 Å². The summed E-state index contributed by atoms with van der Waals surface area (Å²) in [4.78, 5) is 33.5. The average Bonchev–Trinajstić information content (AvgIpc) is 3.12. The van der Waals surface area contributed by atoms with Crippen LogP contribution in [0.25, 0.3) is 0 Å². The maximum atomic E-state index is 12.9. The van der Waals surface area contributed by atoms with Crippen LogP contribution in [0.15, 0.2) is 35.1 Å². The van der Waals surface area contributed by atoms with Crippen molar-refractivity contribution < 1.29 is 19.1 Å². The highest BCUT2D eigenvalue weighted by atomic mass is 16.5. The van der Waals surface area contributed by atoms with E-state index in [9.17, 15) is 9.59 Å². The fourth-order valence-corrected chi connectivity index (χ4v) is 3.81. The number of anilines is 1. The number of carbonyl (C=O) groups is 2. The van der Waals surface area contributed by atoms with E-state index in [1.54, 1.807) is 18.1 Å². The van der Waals surface area contributed by atoms with E-state index in [2.05, 4.69) is 4.99 Å². The molecule has 1 fully saturated rings. The van der Waals surface area contributed by atoms with Gasteiger partial charge < -0.3 is 19.3 Å². The largest absolute Gasteiger partial charge is 0.496 e. The Morgan fingerprint density at radius 1 is 1.26 bits per heavy atom. The highest BCUT2D eigenvalue weighted by molar-refractivity contribution is 6.16. The van der Waals surface area contributed by atoms with Crippen molar-refractivity contribution in [2.75, 3.05) is 44.9 Å². The lowest BCUT2D eigenvalue weighted by Gasteiger charge is -2.30. The number of ketones is 1. The number of allylic oxidation sites excluding steroid dienone is 1. The molecule has 27 heavy (non-hydrogen) atoms. The highest BCUT2D eigenvalue weighted by Crippen LogP contribution is 2.35. The van der Waals surface area contributed by atoms with Crippen molar-refractivity contribution in [2.24, 2.45) is 4.99 Å². The van der Waals surface area contributed by atoms with Crippen LogP contribution in [0.5, 0.6) is 5.75 Å². The first-order valence-corrected chi connectivity index (χ1v) is 9.25. The number of amides is 1. The van der Waals surface area contributed by atoms with Gasteiger partial charge in [-0.05, 0) is 18.6 Å². The minimum absolute atomic E-state index is 0.00205. The molecule has 7 heteroatoms. The van der Waals surface area contributed by atoms with Crippen LogP contribution in [0.1, 0.15) is 18.4 Å². The summed E-state index contributed by atoms with van der Waals surface area (Å²) in [6, 6.07) is 5.75. The van der Waals surface area contributed by atoms with Gasteiger partial charge in [-0.2, -0.15) is 0 Å². The molecule has 142 valence electrons. The van der Waals surface area contributed by atoms with Gasteiger partial charge in [0.1, 0.15) is 11.6 Å². The second kappa shape index (κ2) is 7.52. The van der Waals surface area contributed by atoms with E-state index in [0.717, 1.165) is 23.4 Å². The summed E-state index contributed by atoms with van der Waals surface area (Å²) in [6.07, 6.45) is 2.72. The summed E-state index contributed by atoms with van der Waals surface area (Å²) in [5.74, 6) is 1.43. The van der Waals surface area contributed by atoms with Crippen molar-refractivity contribution in [1.82, 2.24) is 4.90 Å². The predicted molar refractivity (Wildman–Crippen MR) is 101 cm³/mol. The fraction of sp³-hybridized carbons (Fsp3) is 0.450. The molecule has 0 N–H and O–H groups in total. The molecule has 0 unspecified atom stereocenters. The first-order valence-electron chi connectivity index (χ1n) is 9.25. The summed E-state index contributed by atoms with van der Waals surface area (Å²) in [6.45, 7) is 3.30. The van der Waals surface area contributed by atoms with Crippen molar-refractivity contribution in [3.63, 3.8) is 0 Å². The van der Waals surface area contributed by atoms with Gasteiger partial charge in [0, 0.05) is 43.4 Å². The molecule has 4 rings (SSSR count). The first-order chi connectivity index (χ1) is 13.2. The lowest BCUT2D eigenvalue weighted by molar-refractivity contribution is -0.117. The van der Waals surface area contributed by atoms with Gasteiger partial charge in [0.2, 0.25) is 5.91 Å². The van der Waals surface area contributed by atoms with E-state index in [0.29, 0.717) is 44.4 Å². The quantitative estimate of drug-likeness (QED) is 0.806. The van der Waals surface area contributed by atoms with Gasteiger partial charge in [-0.15, -0.1) is 0 Å². The number of ether oxygens (including phenoxy) is 2. The third-order valence-corrected chi connectivity index (χ3v) is 5.14. The van der Waals surface area contributed by atoms with Crippen LogP contribution in [0, 0.1) is 0 Å². The number of hydrogen-bond donors (Lipinski definition) is 0. The number of methoxy groups -OCH3 is 1. The van der Waals surface area contributed by atoms with Crippen molar-refractivity contribution >= 4 is 23.1 Å². The van der Waals surface area contributed by atoms with Gasteiger partial charge in [0.05, 0.1) is 32.4 Å². The van der Waals surface area contributed by atoms with Crippen LogP contribution in [0.4, 0.5) is 5.69 Å². The zero-order valence-electron chi connectivity index (χ0n) is 15.4. The SMILES string of the molecule is COc1cccc2c1CCN2C(=O)CC1=NC(N2CCOCC2)=CC(=O)C1. The van der Waals surface area contributed by atoms with Crippen LogP contribution in [-0.2, 0) is 20.7 Å². The highest BCUT2D eigenvalue weighted by Gasteiger charge is 2.29. The third-order valence-electron chi connectivity index (χ3n) is 5.14. The lowest BCUT2D eigenvalue weighted by Crippen LogP contribution is -2.37. The number of nitrogens with zero attached hydrogens (tertiary/aromatic N) is 3. The molecule has 7 nitrogen and oxygen atoms in total. The van der Waals surface area contributed by atoms with Crippen molar-refractivity contribution in [2.45, 2.75) is 19.3 Å². The molecule has 0 aliphatic carbocycles. The molecule has 0 radical (unpaired) electrons. The molecule has 1 saturated heterocycles. The zero-order valence-corrected chi connectivity index (χ0v) is 15.4. The first kappa shape index (κ1) is 17.7. The molecule has 1 aromatic rings. The Kier molecular flexibility index (Phi) is 4.94. The molecular formula is C20H23N3O4. The van der Waals surface area contributed by atoms with E-state index in [1.807, 2.05) is 23.1 Å². The maximum absolute atomic E-state index is 12.9.